The minimum Gasteiger partial charge on any atom is -0.463 e. The smallest absolute Gasteiger partial charge is 0.336 e. The van der Waals surface area contributed by atoms with Crippen molar-refractivity contribution in [1.82, 2.24) is 0 Å². The van der Waals surface area contributed by atoms with Crippen LogP contribution in [0.25, 0.3) is 0 Å². The van der Waals surface area contributed by atoms with Crippen LogP contribution in [0.1, 0.15) is 44.2 Å². The highest BCUT2D eigenvalue weighted by atomic mass is 16.6. The van der Waals surface area contributed by atoms with Crippen molar-refractivity contribution in [2.45, 2.75) is 44.7 Å². The van der Waals surface area contributed by atoms with Gasteiger partial charge in [-0.05, 0) is 49.5 Å². The molecule has 0 N–H and O–H groups in total. The first-order valence-corrected chi connectivity index (χ1v) is 10.1. The van der Waals surface area contributed by atoms with Crippen molar-refractivity contribution in [3.05, 3.63) is 81.4 Å². The number of hydrogen-bond donors (Lipinski definition) is 0. The molecule has 6 nitrogen and oxygen atoms in total. The highest BCUT2D eigenvalue weighted by molar-refractivity contribution is 5.94. The van der Waals surface area contributed by atoms with Crippen LogP contribution in [0.5, 0.6) is 0 Å². The maximum Gasteiger partial charge on any atom is 0.336 e. The second-order valence-electron chi connectivity index (χ2n) is 7.41. The summed E-state index contributed by atoms with van der Waals surface area (Å²) in [4.78, 5) is 25.9. The molecule has 0 amide bonds. The van der Waals surface area contributed by atoms with E-state index >= 15 is 0 Å². The Hall–Kier alpha value is -3.15. The Morgan fingerprint density at radius 1 is 1.14 bits per heavy atom. The minimum atomic E-state index is -0.392. The topological polar surface area (TPSA) is 72.7 Å². The Bertz CT molecular complexity index is 937. The lowest BCUT2D eigenvalue weighted by Crippen LogP contribution is -2.36. The Kier molecular flexibility index (Phi) is 5.34. The fourth-order valence-electron chi connectivity index (χ4n) is 4.60. The van der Waals surface area contributed by atoms with Gasteiger partial charge in [-0.2, -0.15) is 0 Å². The first kappa shape index (κ1) is 19.2. The summed E-state index contributed by atoms with van der Waals surface area (Å²) >= 11 is 0. The van der Waals surface area contributed by atoms with E-state index in [9.17, 15) is 14.9 Å². The number of carbonyl (C=O) groups excluding carboxylic acids is 1. The number of nitro benzene ring substituents is 1. The summed E-state index contributed by atoms with van der Waals surface area (Å²) in [5.74, 6) is -0.257. The van der Waals surface area contributed by atoms with E-state index in [1.807, 2.05) is 37.3 Å². The van der Waals surface area contributed by atoms with E-state index in [1.54, 1.807) is 12.1 Å². The Morgan fingerprint density at radius 2 is 1.86 bits per heavy atom. The number of hydrogen-bond acceptors (Lipinski definition) is 5. The van der Waals surface area contributed by atoms with Gasteiger partial charge in [0, 0.05) is 17.8 Å². The monoisotopic (exact) mass is 392 g/mol. The predicted octanol–water partition coefficient (Wildman–Crippen LogP) is 4.96. The summed E-state index contributed by atoms with van der Waals surface area (Å²) < 4.78 is 5.45. The van der Waals surface area contributed by atoms with Crippen LogP contribution in [-0.2, 0) is 9.53 Å². The van der Waals surface area contributed by atoms with E-state index in [-0.39, 0.29) is 23.7 Å². The summed E-state index contributed by atoms with van der Waals surface area (Å²) in [6.45, 7) is 2.15. The maximum absolute atomic E-state index is 13.0. The van der Waals surface area contributed by atoms with E-state index in [4.69, 9.17) is 4.74 Å². The molecule has 2 aromatic carbocycles. The molecule has 0 saturated heterocycles. The summed E-state index contributed by atoms with van der Waals surface area (Å²) in [7, 11) is 0. The molecule has 2 aromatic rings. The first-order valence-electron chi connectivity index (χ1n) is 10.1. The quantitative estimate of drug-likeness (QED) is 0.409. The molecule has 29 heavy (non-hydrogen) atoms. The minimum absolute atomic E-state index is 0.0617. The zero-order valence-corrected chi connectivity index (χ0v) is 16.4. The van der Waals surface area contributed by atoms with Gasteiger partial charge in [-0.1, -0.05) is 36.8 Å². The largest absolute Gasteiger partial charge is 0.463 e. The number of rotatable bonds is 5. The third kappa shape index (κ3) is 3.50. The molecule has 150 valence electrons. The van der Waals surface area contributed by atoms with Crippen molar-refractivity contribution in [1.29, 1.82) is 0 Å². The molecule has 0 bridgehead atoms. The van der Waals surface area contributed by atoms with E-state index < -0.39 is 4.92 Å². The van der Waals surface area contributed by atoms with Gasteiger partial charge < -0.3 is 9.64 Å². The van der Waals surface area contributed by atoms with Crippen LogP contribution >= 0.6 is 0 Å². The van der Waals surface area contributed by atoms with Crippen molar-refractivity contribution in [2.75, 3.05) is 11.5 Å². The zero-order valence-electron chi connectivity index (χ0n) is 16.4. The van der Waals surface area contributed by atoms with Gasteiger partial charge in [-0.3, -0.25) is 10.1 Å². The van der Waals surface area contributed by atoms with E-state index in [0.29, 0.717) is 6.61 Å². The molecule has 2 atom stereocenters. The zero-order chi connectivity index (χ0) is 20.4. The van der Waals surface area contributed by atoms with Crippen molar-refractivity contribution in [3.63, 3.8) is 0 Å². The third-order valence-corrected chi connectivity index (χ3v) is 5.78. The number of fused-ring (bicyclic) bond motifs is 1. The van der Waals surface area contributed by atoms with E-state index in [2.05, 4.69) is 4.90 Å². The second kappa shape index (κ2) is 8.07. The molecule has 2 aliphatic rings. The molecule has 1 aliphatic heterocycles. The lowest BCUT2D eigenvalue weighted by atomic mass is 9.88. The number of nitrogens with zero attached hydrogens (tertiary/aromatic N) is 2. The van der Waals surface area contributed by atoms with Crippen LogP contribution < -0.4 is 4.90 Å². The van der Waals surface area contributed by atoms with Crippen molar-refractivity contribution in [3.8, 4) is 0 Å². The molecule has 0 radical (unpaired) electrons. The number of carbonyl (C=O) groups is 1. The molecular formula is C23H24N2O4. The lowest BCUT2D eigenvalue weighted by molar-refractivity contribution is -0.384. The fourth-order valence-corrected chi connectivity index (χ4v) is 4.60. The van der Waals surface area contributed by atoms with Gasteiger partial charge >= 0.3 is 5.97 Å². The van der Waals surface area contributed by atoms with E-state index in [0.717, 1.165) is 48.1 Å². The summed E-state index contributed by atoms with van der Waals surface area (Å²) in [5, 5.41) is 11.1. The molecule has 1 saturated carbocycles. The molecule has 1 fully saturated rings. The maximum atomic E-state index is 13.0. The SMILES string of the molecule is CCOC(=O)C1=C2CCCC[C@H]2N(c2ccc([N+](=O)[O-])cc2)[C@@H]1c1ccccc1. The molecule has 1 heterocycles. The van der Waals surface area contributed by atoms with Crippen LogP contribution in [0.15, 0.2) is 65.7 Å². The molecule has 1 aliphatic carbocycles. The number of benzene rings is 2. The summed E-state index contributed by atoms with van der Waals surface area (Å²) in [5.41, 5.74) is 3.86. The highest BCUT2D eigenvalue weighted by Gasteiger charge is 2.45. The van der Waals surface area contributed by atoms with Crippen LogP contribution in [0.3, 0.4) is 0 Å². The van der Waals surface area contributed by atoms with Crippen molar-refractivity contribution in [2.24, 2.45) is 0 Å². The van der Waals surface area contributed by atoms with E-state index in [1.165, 1.54) is 12.1 Å². The molecule has 0 unspecified atom stereocenters. The summed E-state index contributed by atoms with van der Waals surface area (Å²) in [6.07, 6.45) is 3.99. The number of esters is 1. The Morgan fingerprint density at radius 3 is 2.52 bits per heavy atom. The first-order chi connectivity index (χ1) is 14.1. The Balaban J connectivity index is 1.84. The number of ether oxygens (including phenoxy) is 1. The standard InChI is InChI=1S/C23H24N2O4/c1-2-29-23(26)21-19-10-6-7-11-20(19)24(22(21)16-8-4-3-5-9-16)17-12-14-18(15-13-17)25(27)28/h3-5,8-9,12-15,20,22H,2,6-7,10-11H2,1H3/t20-,22-/m1/s1. The Labute approximate surface area is 169 Å². The molecule has 0 aromatic heterocycles. The number of anilines is 1. The van der Waals surface area contributed by atoms with Crippen LogP contribution in [0.4, 0.5) is 11.4 Å². The predicted molar refractivity (Wildman–Crippen MR) is 111 cm³/mol. The van der Waals surface area contributed by atoms with Gasteiger partial charge in [-0.25, -0.2) is 4.79 Å². The van der Waals surface area contributed by atoms with Gasteiger partial charge in [-0.15, -0.1) is 0 Å². The van der Waals surface area contributed by atoms with Gasteiger partial charge in [0.15, 0.2) is 0 Å². The van der Waals surface area contributed by atoms with Gasteiger partial charge in [0.2, 0.25) is 0 Å². The molecular weight excluding hydrogens is 368 g/mol. The van der Waals surface area contributed by atoms with Crippen LogP contribution in [0, 0.1) is 10.1 Å². The van der Waals surface area contributed by atoms with Crippen molar-refractivity contribution >= 4 is 17.3 Å². The third-order valence-electron chi connectivity index (χ3n) is 5.78. The fraction of sp³-hybridized carbons (Fsp3) is 0.348. The normalized spacial score (nSPS) is 21.1. The lowest BCUT2D eigenvalue weighted by Gasteiger charge is -2.36. The average Bonchev–Trinajstić information content (AvgIpc) is 3.10. The van der Waals surface area contributed by atoms with Gasteiger partial charge in [0.25, 0.3) is 5.69 Å². The summed E-state index contributed by atoms with van der Waals surface area (Å²) in [6, 6.07) is 16.4. The average molecular weight is 392 g/mol. The van der Waals surface area contributed by atoms with Gasteiger partial charge in [0.1, 0.15) is 0 Å². The molecule has 6 heteroatoms. The van der Waals surface area contributed by atoms with Crippen LogP contribution in [-0.4, -0.2) is 23.5 Å². The molecule has 0 spiro atoms. The van der Waals surface area contributed by atoms with Crippen molar-refractivity contribution < 1.29 is 14.5 Å². The second-order valence-corrected chi connectivity index (χ2v) is 7.41. The molecule has 4 rings (SSSR count). The number of non-ortho nitro benzene ring substituents is 1. The van der Waals surface area contributed by atoms with Gasteiger partial charge in [0.05, 0.1) is 29.2 Å². The van der Waals surface area contributed by atoms with Crippen LogP contribution in [0.2, 0.25) is 0 Å². The number of nitro groups is 1. The highest BCUT2D eigenvalue weighted by Crippen LogP contribution is 2.49.